The summed E-state index contributed by atoms with van der Waals surface area (Å²) in [6.07, 6.45) is -5.77. The summed E-state index contributed by atoms with van der Waals surface area (Å²) in [6.45, 7) is 2.86. The van der Waals surface area contributed by atoms with Gasteiger partial charge >= 0.3 is 19.5 Å². The fourth-order valence-electron chi connectivity index (χ4n) is 2.37. The molecule has 1 rings (SSSR count). The summed E-state index contributed by atoms with van der Waals surface area (Å²) in [7, 11) is -5.04. The van der Waals surface area contributed by atoms with Crippen LogP contribution in [0, 0.1) is 0 Å². The number of aliphatic hydroxyl groups is 1. The van der Waals surface area contributed by atoms with Gasteiger partial charge in [-0.3, -0.25) is 18.7 Å². The second-order valence-electron chi connectivity index (χ2n) is 8.08. The van der Waals surface area contributed by atoms with Gasteiger partial charge in [0.2, 0.25) is 6.36 Å². The Labute approximate surface area is 198 Å². The molecule has 1 heterocycles. The van der Waals surface area contributed by atoms with Crippen molar-refractivity contribution in [2.24, 2.45) is 0 Å². The average molecular weight is 530 g/mol. The van der Waals surface area contributed by atoms with E-state index >= 15 is 0 Å². The molecule has 0 radical (unpaired) electrons. The van der Waals surface area contributed by atoms with Crippen LogP contribution in [0.25, 0.3) is 0 Å². The predicted molar refractivity (Wildman–Crippen MR) is 115 cm³/mol. The zero-order valence-electron chi connectivity index (χ0n) is 19.2. The Morgan fingerprint density at radius 1 is 1.31 bits per heavy atom. The first-order valence-electron chi connectivity index (χ1n) is 10.1. The molecule has 0 saturated carbocycles. The van der Waals surface area contributed by atoms with Gasteiger partial charge in [0, 0.05) is 18.3 Å². The zero-order valence-corrected chi connectivity index (χ0v) is 20.1. The quantitative estimate of drug-likeness (QED) is 0.156. The van der Waals surface area contributed by atoms with Crippen molar-refractivity contribution in [3.63, 3.8) is 0 Å². The lowest BCUT2D eigenvalue weighted by atomic mass is 10.1. The number of aliphatic hydroxyl groups excluding tert-OH is 1. The molecule has 3 atom stereocenters. The highest BCUT2D eigenvalue weighted by Gasteiger charge is 2.29. The van der Waals surface area contributed by atoms with Gasteiger partial charge in [0.1, 0.15) is 18.6 Å². The van der Waals surface area contributed by atoms with Crippen molar-refractivity contribution >= 4 is 25.5 Å². The Morgan fingerprint density at radius 2 is 1.97 bits per heavy atom. The summed E-state index contributed by atoms with van der Waals surface area (Å²) in [4.78, 5) is 56.6. The molecule has 0 aliphatic carbocycles. The molecule has 14 nitrogen and oxygen atoms in total. The van der Waals surface area contributed by atoms with Crippen LogP contribution < -0.4 is 16.3 Å². The number of hydrogen-bond acceptors (Lipinski definition) is 10. The van der Waals surface area contributed by atoms with Gasteiger partial charge < -0.3 is 35.0 Å². The number of ether oxygens (including phenoxy) is 2. The molecule has 200 valence electrons. The molecular weight excluding hydrogens is 501 g/mol. The second-order valence-corrected chi connectivity index (χ2v) is 9.32. The van der Waals surface area contributed by atoms with Crippen LogP contribution in [0.5, 0.6) is 0 Å². The summed E-state index contributed by atoms with van der Waals surface area (Å²) in [6, 6.07) is 1.06. The maximum absolute atomic E-state index is 13.4. The van der Waals surface area contributed by atoms with E-state index in [4.69, 9.17) is 24.4 Å². The number of amides is 1. The maximum Gasteiger partial charge on any atom is 0.469 e. The lowest BCUT2D eigenvalue weighted by Gasteiger charge is -2.24. The predicted octanol–water partition coefficient (Wildman–Crippen LogP) is -0.246. The van der Waals surface area contributed by atoms with Crippen molar-refractivity contribution in [1.82, 2.24) is 14.9 Å². The van der Waals surface area contributed by atoms with Gasteiger partial charge in [-0.05, 0) is 26.8 Å². The van der Waals surface area contributed by atoms with E-state index < -0.39 is 64.0 Å². The highest BCUT2D eigenvalue weighted by molar-refractivity contribution is 7.46. The van der Waals surface area contributed by atoms with Gasteiger partial charge in [-0.2, -0.15) is 4.98 Å². The van der Waals surface area contributed by atoms with Gasteiger partial charge in [0.05, 0.1) is 13.0 Å². The van der Waals surface area contributed by atoms with Crippen molar-refractivity contribution in [3.05, 3.63) is 22.7 Å². The fraction of sp³-hybridized carbons (Fsp3) is 0.667. The number of nitrogens with one attached hydrogen (secondary N) is 2. The molecule has 5 N–H and O–H groups in total. The number of esters is 1. The minimum Gasteiger partial charge on any atom is -0.456 e. The minimum absolute atomic E-state index is 0.0250. The van der Waals surface area contributed by atoms with E-state index in [1.165, 1.54) is 0 Å². The van der Waals surface area contributed by atoms with Crippen LogP contribution in [-0.4, -0.2) is 80.8 Å². The van der Waals surface area contributed by atoms with E-state index in [2.05, 4.69) is 20.1 Å². The molecule has 0 spiro atoms. The molecule has 0 saturated heterocycles. The summed E-state index contributed by atoms with van der Waals surface area (Å²) in [5, 5.41) is 14.3. The van der Waals surface area contributed by atoms with Crippen molar-refractivity contribution < 1.29 is 51.8 Å². The van der Waals surface area contributed by atoms with Crippen LogP contribution in [0.2, 0.25) is 0 Å². The van der Waals surface area contributed by atoms with Gasteiger partial charge in [-0.25, -0.2) is 18.1 Å². The number of rotatable bonds is 14. The molecule has 1 aromatic rings. The molecule has 0 bridgehead atoms. The molecule has 0 aliphatic rings. The van der Waals surface area contributed by atoms with E-state index in [1.807, 2.05) is 20.8 Å². The number of phosphoric acid groups is 1. The normalized spacial score (nSPS) is 14.7. The highest BCUT2D eigenvalue weighted by atomic mass is 31.2. The van der Waals surface area contributed by atoms with E-state index in [9.17, 15) is 27.7 Å². The van der Waals surface area contributed by atoms with Crippen LogP contribution in [0.3, 0.4) is 0 Å². The second kappa shape index (κ2) is 13.7. The third kappa shape index (κ3) is 12.8. The van der Waals surface area contributed by atoms with E-state index in [0.717, 1.165) is 12.3 Å². The maximum atomic E-state index is 13.4. The SMILES string of the molecule is CC(C)(C)NCCC(=O)OCC(=O)Nc1ccn([C@@H](CF)O[C@H](COP(=O)(O)O)[C@@H](O)F)c(=O)n1. The Hall–Kier alpha value is -2.33. The Bertz CT molecular complexity index is 950. The standard InChI is InChI=1S/C18H29F2N4O10P/c1-18(2,3)21-6-4-15(26)32-10-13(25)22-12-5-7-24(17(28)23-12)14(8-19)34-11(16(20)27)9-33-35(29,30)31/h5,7,11,14,16,21,27H,4,6,8-10H2,1-3H3,(H2,29,30,31)(H,22,23,25,28)/t11-,14-,16-/m1/s1. The first kappa shape index (κ1) is 30.7. The Kier molecular flexibility index (Phi) is 12.0. The monoisotopic (exact) mass is 530 g/mol. The molecule has 35 heavy (non-hydrogen) atoms. The molecule has 0 aliphatic heterocycles. The molecule has 0 unspecified atom stereocenters. The number of nitrogens with zero attached hydrogens (tertiary/aromatic N) is 2. The highest BCUT2D eigenvalue weighted by Crippen LogP contribution is 2.36. The van der Waals surface area contributed by atoms with Gasteiger partial charge in [-0.1, -0.05) is 0 Å². The average Bonchev–Trinajstić information content (AvgIpc) is 2.71. The van der Waals surface area contributed by atoms with Crippen LogP contribution in [0.15, 0.2) is 17.1 Å². The molecule has 1 amide bonds. The topological polar surface area (TPSA) is 199 Å². The van der Waals surface area contributed by atoms with Crippen LogP contribution in [0.4, 0.5) is 14.6 Å². The number of hydrogen-bond donors (Lipinski definition) is 5. The first-order chi connectivity index (χ1) is 16.1. The van der Waals surface area contributed by atoms with Crippen LogP contribution >= 0.6 is 7.82 Å². The third-order valence-corrected chi connectivity index (χ3v) is 4.42. The van der Waals surface area contributed by atoms with Crippen molar-refractivity contribution in [2.75, 3.05) is 31.7 Å². The smallest absolute Gasteiger partial charge is 0.456 e. The molecule has 0 aromatic carbocycles. The molecular formula is C18H29F2N4O10P. The Balaban J connectivity index is 2.70. The summed E-state index contributed by atoms with van der Waals surface area (Å²) in [5.74, 6) is -1.71. The zero-order chi connectivity index (χ0) is 26.8. The van der Waals surface area contributed by atoms with Crippen LogP contribution in [-0.2, 0) is 28.2 Å². The van der Waals surface area contributed by atoms with E-state index in [0.29, 0.717) is 11.1 Å². The third-order valence-electron chi connectivity index (χ3n) is 3.93. The number of alkyl halides is 2. The summed E-state index contributed by atoms with van der Waals surface area (Å²) >= 11 is 0. The largest absolute Gasteiger partial charge is 0.469 e. The number of phosphoric ester groups is 1. The fourth-order valence-corrected chi connectivity index (χ4v) is 2.71. The van der Waals surface area contributed by atoms with Crippen molar-refractivity contribution in [1.29, 1.82) is 0 Å². The first-order valence-corrected chi connectivity index (χ1v) is 11.7. The van der Waals surface area contributed by atoms with E-state index in [-0.39, 0.29) is 17.8 Å². The lowest BCUT2D eigenvalue weighted by Crippen LogP contribution is -2.37. The number of anilines is 1. The number of carbonyl (C=O) groups excluding carboxylic acids is 2. The lowest BCUT2D eigenvalue weighted by molar-refractivity contribution is -0.163. The number of carbonyl (C=O) groups is 2. The molecule has 1 aromatic heterocycles. The van der Waals surface area contributed by atoms with Gasteiger partial charge in [0.15, 0.2) is 12.8 Å². The molecule has 17 heteroatoms. The summed E-state index contributed by atoms with van der Waals surface area (Å²) in [5.41, 5.74) is -1.35. The van der Waals surface area contributed by atoms with Crippen LogP contribution in [0.1, 0.15) is 33.4 Å². The van der Waals surface area contributed by atoms with Crippen molar-refractivity contribution in [2.45, 2.75) is 51.4 Å². The van der Waals surface area contributed by atoms with Gasteiger partial charge in [-0.15, -0.1) is 0 Å². The Morgan fingerprint density at radius 3 is 2.49 bits per heavy atom. The molecule has 0 fully saturated rings. The minimum atomic E-state index is -5.04. The number of aromatic nitrogens is 2. The van der Waals surface area contributed by atoms with Crippen molar-refractivity contribution in [3.8, 4) is 0 Å². The van der Waals surface area contributed by atoms with E-state index in [1.54, 1.807) is 0 Å². The summed E-state index contributed by atoms with van der Waals surface area (Å²) < 4.78 is 51.7. The number of halogens is 2. The van der Waals surface area contributed by atoms with Gasteiger partial charge in [0.25, 0.3) is 5.91 Å².